The topological polar surface area (TPSA) is 83.3 Å². The maximum Gasteiger partial charge on any atom is 0.358 e. The maximum absolute atomic E-state index is 10.6. The van der Waals surface area contributed by atoms with Gasteiger partial charge in [-0.05, 0) is 38.9 Å². The van der Waals surface area contributed by atoms with E-state index in [1.54, 1.807) is 4.68 Å². The summed E-state index contributed by atoms with van der Waals surface area (Å²) in [5.74, 6) is -0.325. The molecule has 0 spiro atoms. The van der Waals surface area contributed by atoms with Gasteiger partial charge in [-0.25, -0.2) is 4.79 Å². The Morgan fingerprint density at radius 2 is 2.47 bits per heavy atom. The predicted octanol–water partition coefficient (Wildman–Crippen LogP) is -0.0923. The number of aromatic carboxylic acids is 1. The van der Waals surface area contributed by atoms with Gasteiger partial charge in [0.25, 0.3) is 0 Å². The predicted molar refractivity (Wildman–Crippen MR) is 70.1 cm³/mol. The van der Waals surface area contributed by atoms with E-state index in [9.17, 15) is 4.79 Å². The third-order valence-corrected chi connectivity index (χ3v) is 3.43. The fourth-order valence-corrected chi connectivity index (χ4v) is 2.45. The first kappa shape index (κ1) is 14.0. The molecule has 1 aromatic rings. The molecule has 1 saturated heterocycles. The number of nitrogens with one attached hydrogen (secondary N) is 1. The summed E-state index contributed by atoms with van der Waals surface area (Å²) in [6.07, 6.45) is 4.01. The highest BCUT2D eigenvalue weighted by Gasteiger charge is 2.16. The first-order valence-electron chi connectivity index (χ1n) is 6.68. The van der Waals surface area contributed by atoms with E-state index in [1.165, 1.54) is 25.6 Å². The summed E-state index contributed by atoms with van der Waals surface area (Å²) in [6, 6.07) is 0. The summed E-state index contributed by atoms with van der Waals surface area (Å²) in [7, 11) is 2.16. The Kier molecular flexibility index (Phi) is 4.86. The highest BCUT2D eigenvalue weighted by Crippen LogP contribution is 2.13. The molecule has 1 aliphatic heterocycles. The van der Waals surface area contributed by atoms with E-state index in [-0.39, 0.29) is 5.69 Å². The van der Waals surface area contributed by atoms with E-state index in [1.807, 2.05) is 0 Å². The second kappa shape index (κ2) is 6.63. The Balaban J connectivity index is 1.64. The molecule has 1 aromatic heterocycles. The zero-order valence-corrected chi connectivity index (χ0v) is 11.2. The second-order valence-electron chi connectivity index (χ2n) is 5.15. The molecule has 1 unspecified atom stereocenters. The number of aromatic nitrogens is 3. The molecule has 2 heterocycles. The maximum atomic E-state index is 10.6. The van der Waals surface area contributed by atoms with Gasteiger partial charge in [0.15, 0.2) is 5.69 Å². The average Bonchev–Trinajstić information content (AvgIpc) is 2.84. The summed E-state index contributed by atoms with van der Waals surface area (Å²) >= 11 is 0. The van der Waals surface area contributed by atoms with Gasteiger partial charge >= 0.3 is 5.97 Å². The number of hydrogen-bond acceptors (Lipinski definition) is 5. The van der Waals surface area contributed by atoms with Crippen LogP contribution in [0.2, 0.25) is 0 Å². The smallest absolute Gasteiger partial charge is 0.358 e. The highest BCUT2D eigenvalue weighted by molar-refractivity contribution is 5.84. The van der Waals surface area contributed by atoms with Gasteiger partial charge in [-0.3, -0.25) is 4.68 Å². The Bertz CT molecular complexity index is 420. The van der Waals surface area contributed by atoms with E-state index in [0.29, 0.717) is 12.5 Å². The molecule has 1 fully saturated rings. The lowest BCUT2D eigenvalue weighted by Crippen LogP contribution is -2.38. The Morgan fingerprint density at radius 1 is 1.63 bits per heavy atom. The van der Waals surface area contributed by atoms with Gasteiger partial charge in [0.1, 0.15) is 0 Å². The fraction of sp³-hybridized carbons (Fsp3) is 0.750. The van der Waals surface area contributed by atoms with E-state index in [2.05, 4.69) is 27.6 Å². The molecular weight excluding hydrogens is 246 g/mol. The minimum atomic E-state index is -1.04. The van der Waals surface area contributed by atoms with Crippen LogP contribution in [-0.4, -0.2) is 64.2 Å². The molecule has 0 amide bonds. The molecule has 7 heteroatoms. The van der Waals surface area contributed by atoms with Crippen LogP contribution in [-0.2, 0) is 6.54 Å². The third kappa shape index (κ3) is 4.29. The molecule has 2 N–H and O–H groups in total. The zero-order chi connectivity index (χ0) is 13.7. The summed E-state index contributed by atoms with van der Waals surface area (Å²) in [5.41, 5.74) is -0.00564. The van der Waals surface area contributed by atoms with Crippen molar-refractivity contribution in [3.05, 3.63) is 11.9 Å². The van der Waals surface area contributed by atoms with Crippen molar-refractivity contribution in [2.45, 2.75) is 19.4 Å². The summed E-state index contributed by atoms with van der Waals surface area (Å²) in [5, 5.41) is 19.5. The lowest BCUT2D eigenvalue weighted by Gasteiger charge is -2.29. The fourth-order valence-electron chi connectivity index (χ4n) is 2.45. The Labute approximate surface area is 112 Å². The van der Waals surface area contributed by atoms with E-state index < -0.39 is 5.97 Å². The van der Waals surface area contributed by atoms with Crippen LogP contribution in [0.3, 0.4) is 0 Å². The Morgan fingerprint density at radius 3 is 3.16 bits per heavy atom. The van der Waals surface area contributed by atoms with Crippen LogP contribution < -0.4 is 5.32 Å². The SMILES string of the molecule is CN1CCCC(CNCCn2cc(C(=O)O)nn2)C1. The van der Waals surface area contributed by atoms with E-state index >= 15 is 0 Å². The Hall–Kier alpha value is -1.47. The van der Waals surface area contributed by atoms with Gasteiger partial charge in [-0.15, -0.1) is 5.10 Å². The van der Waals surface area contributed by atoms with Crippen LogP contribution in [0.4, 0.5) is 0 Å². The molecule has 1 aliphatic rings. The molecule has 1 atom stereocenters. The van der Waals surface area contributed by atoms with Gasteiger partial charge in [0.05, 0.1) is 12.7 Å². The molecule has 0 aromatic carbocycles. The van der Waals surface area contributed by atoms with Crippen LogP contribution in [0.15, 0.2) is 6.20 Å². The van der Waals surface area contributed by atoms with Gasteiger partial charge in [0.2, 0.25) is 0 Å². The first-order valence-corrected chi connectivity index (χ1v) is 6.68. The van der Waals surface area contributed by atoms with Gasteiger partial charge in [-0.2, -0.15) is 0 Å². The van der Waals surface area contributed by atoms with Crippen LogP contribution in [0.5, 0.6) is 0 Å². The molecule has 7 nitrogen and oxygen atoms in total. The van der Waals surface area contributed by atoms with Crippen LogP contribution >= 0.6 is 0 Å². The van der Waals surface area contributed by atoms with Crippen molar-refractivity contribution in [2.24, 2.45) is 5.92 Å². The number of piperidine rings is 1. The van der Waals surface area contributed by atoms with Crippen LogP contribution in [0, 0.1) is 5.92 Å². The second-order valence-corrected chi connectivity index (χ2v) is 5.15. The van der Waals surface area contributed by atoms with E-state index in [0.717, 1.165) is 19.6 Å². The lowest BCUT2D eigenvalue weighted by atomic mass is 9.98. The van der Waals surface area contributed by atoms with Crippen molar-refractivity contribution in [2.75, 3.05) is 33.2 Å². The molecule has 0 bridgehead atoms. The summed E-state index contributed by atoms with van der Waals surface area (Å²) in [4.78, 5) is 13.0. The largest absolute Gasteiger partial charge is 0.476 e. The van der Waals surface area contributed by atoms with Crippen LogP contribution in [0.25, 0.3) is 0 Å². The molecule has 0 aliphatic carbocycles. The van der Waals surface area contributed by atoms with Crippen molar-refractivity contribution < 1.29 is 9.90 Å². The highest BCUT2D eigenvalue weighted by atomic mass is 16.4. The van der Waals surface area contributed by atoms with Crippen molar-refractivity contribution in [3.8, 4) is 0 Å². The number of carbonyl (C=O) groups is 1. The average molecular weight is 267 g/mol. The number of rotatable bonds is 6. The molecular formula is C12H21N5O2. The minimum Gasteiger partial charge on any atom is -0.476 e. The molecule has 106 valence electrons. The molecule has 0 radical (unpaired) electrons. The van der Waals surface area contributed by atoms with Crippen molar-refractivity contribution >= 4 is 5.97 Å². The molecule has 2 rings (SSSR count). The lowest BCUT2D eigenvalue weighted by molar-refractivity contribution is 0.0690. The van der Waals surface area contributed by atoms with Crippen molar-refractivity contribution in [1.82, 2.24) is 25.2 Å². The molecule has 19 heavy (non-hydrogen) atoms. The third-order valence-electron chi connectivity index (χ3n) is 3.43. The summed E-state index contributed by atoms with van der Waals surface area (Å²) < 4.78 is 1.56. The monoisotopic (exact) mass is 267 g/mol. The van der Waals surface area contributed by atoms with Crippen molar-refractivity contribution in [1.29, 1.82) is 0 Å². The first-order chi connectivity index (χ1) is 9.15. The number of nitrogens with zero attached hydrogens (tertiary/aromatic N) is 4. The quantitative estimate of drug-likeness (QED) is 0.701. The van der Waals surface area contributed by atoms with E-state index in [4.69, 9.17) is 5.11 Å². The number of hydrogen-bond donors (Lipinski definition) is 2. The van der Waals surface area contributed by atoms with Gasteiger partial charge in [-0.1, -0.05) is 5.21 Å². The standard InChI is InChI=1S/C12H21N5O2/c1-16-5-2-3-10(8-16)7-13-4-6-17-9-11(12(18)19)14-15-17/h9-10,13H,2-8H2,1H3,(H,18,19). The van der Waals surface area contributed by atoms with Gasteiger partial charge in [0, 0.05) is 13.1 Å². The number of carboxylic acids is 1. The summed E-state index contributed by atoms with van der Waals surface area (Å²) in [6.45, 7) is 4.78. The van der Waals surface area contributed by atoms with Crippen molar-refractivity contribution in [3.63, 3.8) is 0 Å². The van der Waals surface area contributed by atoms with Gasteiger partial charge < -0.3 is 15.3 Å². The van der Waals surface area contributed by atoms with Crippen LogP contribution in [0.1, 0.15) is 23.3 Å². The normalized spacial score (nSPS) is 20.6. The zero-order valence-electron chi connectivity index (χ0n) is 11.2. The molecule has 0 saturated carbocycles. The minimum absolute atomic E-state index is 0.00564. The number of likely N-dealkylation sites (tertiary alicyclic amines) is 1. The number of carboxylic acid groups (broad SMARTS) is 1.